The molecule has 0 spiro atoms. The lowest BCUT2D eigenvalue weighted by Crippen LogP contribution is -2.42. The SMILES string of the molecule is COc1ccc(C[C@H]2CN(Cc3cccc(-n4cccn4)c3)CCO2)cc1. The van der Waals surface area contributed by atoms with E-state index < -0.39 is 0 Å². The minimum Gasteiger partial charge on any atom is -0.497 e. The van der Waals surface area contributed by atoms with Crippen LogP contribution >= 0.6 is 0 Å². The van der Waals surface area contributed by atoms with Gasteiger partial charge in [0, 0.05) is 32.0 Å². The van der Waals surface area contributed by atoms with E-state index in [1.807, 2.05) is 29.1 Å². The lowest BCUT2D eigenvalue weighted by molar-refractivity contribution is -0.0304. The number of methoxy groups -OCH3 is 1. The molecule has 1 atom stereocenters. The summed E-state index contributed by atoms with van der Waals surface area (Å²) in [5, 5.41) is 4.32. The van der Waals surface area contributed by atoms with Crippen LogP contribution in [0.1, 0.15) is 11.1 Å². The van der Waals surface area contributed by atoms with E-state index in [2.05, 4.69) is 46.4 Å². The summed E-state index contributed by atoms with van der Waals surface area (Å²) in [5.74, 6) is 0.891. The second-order valence-corrected chi connectivity index (χ2v) is 6.90. The molecule has 27 heavy (non-hydrogen) atoms. The van der Waals surface area contributed by atoms with Crippen molar-refractivity contribution in [2.24, 2.45) is 0 Å². The van der Waals surface area contributed by atoms with Crippen molar-refractivity contribution in [2.75, 3.05) is 26.8 Å². The van der Waals surface area contributed by atoms with Gasteiger partial charge in [-0.2, -0.15) is 5.10 Å². The first-order valence-corrected chi connectivity index (χ1v) is 9.36. The minimum atomic E-state index is 0.224. The number of ether oxygens (including phenoxy) is 2. The summed E-state index contributed by atoms with van der Waals surface area (Å²) in [5.41, 5.74) is 3.68. The molecule has 5 heteroatoms. The third kappa shape index (κ3) is 4.56. The van der Waals surface area contributed by atoms with Crippen molar-refractivity contribution in [1.82, 2.24) is 14.7 Å². The monoisotopic (exact) mass is 363 g/mol. The largest absolute Gasteiger partial charge is 0.497 e. The molecular weight excluding hydrogens is 338 g/mol. The van der Waals surface area contributed by atoms with Crippen molar-refractivity contribution in [3.05, 3.63) is 78.1 Å². The Morgan fingerprint density at radius 1 is 1.11 bits per heavy atom. The van der Waals surface area contributed by atoms with Crippen LogP contribution in [-0.4, -0.2) is 47.6 Å². The first-order valence-electron chi connectivity index (χ1n) is 9.36. The van der Waals surface area contributed by atoms with E-state index in [1.165, 1.54) is 11.1 Å². The maximum atomic E-state index is 6.00. The fraction of sp³-hybridized carbons (Fsp3) is 0.318. The third-order valence-electron chi connectivity index (χ3n) is 4.93. The van der Waals surface area contributed by atoms with Crippen molar-refractivity contribution >= 4 is 0 Å². The van der Waals surface area contributed by atoms with E-state index >= 15 is 0 Å². The van der Waals surface area contributed by atoms with E-state index in [0.717, 1.165) is 44.1 Å². The highest BCUT2D eigenvalue weighted by atomic mass is 16.5. The number of nitrogens with zero attached hydrogens (tertiary/aromatic N) is 3. The van der Waals surface area contributed by atoms with E-state index in [4.69, 9.17) is 9.47 Å². The number of morpholine rings is 1. The predicted octanol–water partition coefficient (Wildman–Crippen LogP) is 3.32. The Kier molecular flexibility index (Phi) is 5.51. The molecule has 1 aliphatic heterocycles. The Hall–Kier alpha value is -2.63. The summed E-state index contributed by atoms with van der Waals surface area (Å²) in [6, 6.07) is 18.8. The standard InChI is InChI=1S/C22H25N3O2/c1-26-21-8-6-18(7-9-21)15-22-17-24(12-13-27-22)16-19-4-2-5-20(14-19)25-11-3-10-23-25/h2-11,14,22H,12-13,15-17H2,1H3/t22-/m0/s1. The molecule has 1 saturated heterocycles. The first-order chi connectivity index (χ1) is 13.3. The van der Waals surface area contributed by atoms with Crippen LogP contribution in [0.3, 0.4) is 0 Å². The first kappa shape index (κ1) is 17.8. The molecule has 4 rings (SSSR count). The molecule has 1 aliphatic rings. The van der Waals surface area contributed by atoms with Gasteiger partial charge >= 0.3 is 0 Å². The Labute approximate surface area is 160 Å². The molecular formula is C22H25N3O2. The van der Waals surface area contributed by atoms with E-state index in [-0.39, 0.29) is 6.10 Å². The van der Waals surface area contributed by atoms with E-state index in [9.17, 15) is 0 Å². The molecule has 1 aromatic heterocycles. The van der Waals surface area contributed by atoms with Gasteiger partial charge in [-0.1, -0.05) is 24.3 Å². The highest BCUT2D eigenvalue weighted by molar-refractivity contribution is 5.35. The molecule has 3 aromatic rings. The number of hydrogen-bond donors (Lipinski definition) is 0. The number of aromatic nitrogens is 2. The van der Waals surface area contributed by atoms with Gasteiger partial charge in [0.05, 0.1) is 25.5 Å². The highest BCUT2D eigenvalue weighted by Crippen LogP contribution is 2.18. The second-order valence-electron chi connectivity index (χ2n) is 6.90. The molecule has 0 amide bonds. The van der Waals surface area contributed by atoms with Gasteiger partial charge < -0.3 is 9.47 Å². The quantitative estimate of drug-likeness (QED) is 0.674. The summed E-state index contributed by atoms with van der Waals surface area (Å²) < 4.78 is 13.1. The van der Waals surface area contributed by atoms with Gasteiger partial charge in [-0.05, 0) is 47.9 Å². The van der Waals surface area contributed by atoms with Gasteiger partial charge in [0.1, 0.15) is 5.75 Å². The summed E-state index contributed by atoms with van der Waals surface area (Å²) in [6.45, 7) is 3.61. The highest BCUT2D eigenvalue weighted by Gasteiger charge is 2.21. The van der Waals surface area contributed by atoms with Crippen LogP contribution in [0.5, 0.6) is 5.75 Å². The Bertz CT molecular complexity index is 846. The van der Waals surface area contributed by atoms with Gasteiger partial charge in [0.2, 0.25) is 0 Å². The van der Waals surface area contributed by atoms with Crippen LogP contribution in [0.15, 0.2) is 67.0 Å². The number of rotatable bonds is 6. The molecule has 2 aromatic carbocycles. The third-order valence-corrected chi connectivity index (χ3v) is 4.93. The van der Waals surface area contributed by atoms with Crippen LogP contribution < -0.4 is 4.74 Å². The van der Waals surface area contributed by atoms with Crippen LogP contribution in [-0.2, 0) is 17.7 Å². The normalized spacial score (nSPS) is 17.7. The zero-order chi connectivity index (χ0) is 18.5. The average molecular weight is 363 g/mol. The lowest BCUT2D eigenvalue weighted by atomic mass is 10.1. The summed E-state index contributed by atoms with van der Waals surface area (Å²) in [6.07, 6.45) is 4.92. The van der Waals surface area contributed by atoms with E-state index in [1.54, 1.807) is 13.3 Å². The Balaban J connectivity index is 1.37. The molecule has 0 N–H and O–H groups in total. The van der Waals surface area contributed by atoms with Crippen molar-refractivity contribution < 1.29 is 9.47 Å². The fourth-order valence-corrected chi connectivity index (χ4v) is 3.55. The molecule has 0 bridgehead atoms. The van der Waals surface area contributed by atoms with Gasteiger partial charge in [-0.15, -0.1) is 0 Å². The van der Waals surface area contributed by atoms with Crippen LogP contribution in [0.25, 0.3) is 5.69 Å². The summed E-state index contributed by atoms with van der Waals surface area (Å²) in [7, 11) is 1.69. The van der Waals surface area contributed by atoms with Gasteiger partial charge in [-0.25, -0.2) is 4.68 Å². The van der Waals surface area contributed by atoms with Crippen LogP contribution in [0.2, 0.25) is 0 Å². The molecule has 5 nitrogen and oxygen atoms in total. The van der Waals surface area contributed by atoms with Gasteiger partial charge in [-0.3, -0.25) is 4.90 Å². The second kappa shape index (κ2) is 8.37. The zero-order valence-corrected chi connectivity index (χ0v) is 15.6. The van der Waals surface area contributed by atoms with Crippen molar-refractivity contribution in [1.29, 1.82) is 0 Å². The summed E-state index contributed by atoms with van der Waals surface area (Å²) in [4.78, 5) is 2.47. The van der Waals surface area contributed by atoms with Crippen molar-refractivity contribution in [2.45, 2.75) is 19.1 Å². The molecule has 2 heterocycles. The lowest BCUT2D eigenvalue weighted by Gasteiger charge is -2.33. The van der Waals surface area contributed by atoms with Gasteiger partial charge in [0.25, 0.3) is 0 Å². The average Bonchev–Trinajstić information content (AvgIpc) is 3.24. The van der Waals surface area contributed by atoms with Crippen molar-refractivity contribution in [3.8, 4) is 11.4 Å². The maximum absolute atomic E-state index is 6.00. The van der Waals surface area contributed by atoms with Crippen LogP contribution in [0, 0.1) is 0 Å². The molecule has 0 radical (unpaired) electrons. The number of hydrogen-bond acceptors (Lipinski definition) is 4. The predicted molar refractivity (Wildman–Crippen MR) is 105 cm³/mol. The molecule has 140 valence electrons. The fourth-order valence-electron chi connectivity index (χ4n) is 3.55. The van der Waals surface area contributed by atoms with Crippen LogP contribution in [0.4, 0.5) is 0 Å². The minimum absolute atomic E-state index is 0.224. The van der Waals surface area contributed by atoms with E-state index in [0.29, 0.717) is 0 Å². The Morgan fingerprint density at radius 3 is 2.78 bits per heavy atom. The number of benzene rings is 2. The topological polar surface area (TPSA) is 39.5 Å². The smallest absolute Gasteiger partial charge is 0.118 e. The molecule has 1 fully saturated rings. The van der Waals surface area contributed by atoms with Gasteiger partial charge in [0.15, 0.2) is 0 Å². The molecule has 0 saturated carbocycles. The van der Waals surface area contributed by atoms with Crippen molar-refractivity contribution in [3.63, 3.8) is 0 Å². The zero-order valence-electron chi connectivity index (χ0n) is 15.6. The Morgan fingerprint density at radius 2 is 2.00 bits per heavy atom. The molecule has 0 aliphatic carbocycles. The maximum Gasteiger partial charge on any atom is 0.118 e. The molecule has 0 unspecified atom stereocenters. The summed E-state index contributed by atoms with van der Waals surface area (Å²) >= 11 is 0.